The Balaban J connectivity index is 0.000000133. The van der Waals surface area contributed by atoms with E-state index in [0.717, 1.165) is 67.0 Å². The minimum Gasteiger partial charge on any atom is -0.206 e. The second-order valence-electron chi connectivity index (χ2n) is 31.2. The van der Waals surface area contributed by atoms with Crippen LogP contribution in [0.2, 0.25) is 55.9 Å². The lowest BCUT2D eigenvalue weighted by Crippen LogP contribution is -2.45. The lowest BCUT2D eigenvalue weighted by Gasteiger charge is -2.30. The molecule has 0 N–H and O–H groups in total. The number of rotatable bonds is 12. The molecule has 504 valence electrons. The van der Waals surface area contributed by atoms with Crippen LogP contribution in [0.3, 0.4) is 0 Å². The van der Waals surface area contributed by atoms with Crippen molar-refractivity contribution in [3.63, 3.8) is 0 Å². The van der Waals surface area contributed by atoms with Gasteiger partial charge >= 0.3 is 0 Å². The summed E-state index contributed by atoms with van der Waals surface area (Å²) < 4.78 is 37.0. The number of halogens is 2. The first-order valence-corrected chi connectivity index (χ1v) is 46.0. The van der Waals surface area contributed by atoms with Gasteiger partial charge in [0.15, 0.2) is 18.6 Å². The van der Waals surface area contributed by atoms with Crippen molar-refractivity contribution in [2.45, 2.75) is 161 Å². The van der Waals surface area contributed by atoms with Crippen molar-refractivity contribution in [2.24, 2.45) is 21.1 Å². The predicted octanol–water partition coefficient (Wildman–Crippen LogP) is 22.1. The van der Waals surface area contributed by atoms with Crippen LogP contribution in [0.4, 0.5) is 8.78 Å². The summed E-state index contributed by atoms with van der Waals surface area (Å²) in [5, 5.41) is 12.5. The van der Waals surface area contributed by atoms with E-state index >= 15 is 4.39 Å². The van der Waals surface area contributed by atoms with Gasteiger partial charge in [0.2, 0.25) is 17.1 Å². The molecule has 99 heavy (non-hydrogen) atoms. The first-order chi connectivity index (χ1) is 47.6. The van der Waals surface area contributed by atoms with E-state index in [9.17, 15) is 4.39 Å². The molecule has 0 atom stereocenters. The monoisotopic (exact) mass is 1360 g/mol. The first-order valence-electron chi connectivity index (χ1n) is 36.8. The molecule has 3 aliphatic rings. The summed E-state index contributed by atoms with van der Waals surface area (Å²) in [5.74, 6) is -0.293. The van der Waals surface area contributed by atoms with E-state index in [-0.39, 0.29) is 11.6 Å². The van der Waals surface area contributed by atoms with Gasteiger partial charge in [-0.25, -0.2) is 22.5 Å². The molecule has 0 bridgehead atoms. The van der Waals surface area contributed by atoms with Gasteiger partial charge in [0.05, 0.1) is 51.5 Å². The van der Waals surface area contributed by atoms with Crippen molar-refractivity contribution in [2.75, 3.05) is 0 Å². The standard InChI is InChI=1S/C31H35FNSi.C30H33FNSi.C30H34NSi/c1-21-22(2)30(32)29(23-11-7-6-8-12-23)20-28(21)31-27-16-15-26(19-24(27)17-18-33(31)3)34(4,5)25-13-9-10-14-25;1-21-18-29(31)28(22-10-6-5-7-11-22)20-27(21)30-26-15-14-25(19-23(26)16-17-32(30)2)33(3,4)24-12-8-9-13-24;1-22-20-24(23-10-6-5-7-11-23)14-16-28(22)30-29-17-15-27(21-25(29)18-19-31(30)2)32(3,4)26-12-8-9-13-26/h6-8,11-12,15-20,25H,9-10,13-14H2,1-5H3;5-7,10-11,14-20,24H,8-9,12-13H2,1-4H3;5-7,10-11,14-21,26H,8-9,12-13H2,1-4H3/q3*+1. The molecule has 0 amide bonds. The summed E-state index contributed by atoms with van der Waals surface area (Å²) in [5.41, 5.74) is 19.5. The van der Waals surface area contributed by atoms with Gasteiger partial charge in [0, 0.05) is 34.9 Å². The summed E-state index contributed by atoms with van der Waals surface area (Å²) in [4.78, 5) is 0. The third kappa shape index (κ3) is 13.8. The summed E-state index contributed by atoms with van der Waals surface area (Å²) in [6, 6.07) is 71.5. The van der Waals surface area contributed by atoms with Gasteiger partial charge in [-0.2, -0.15) is 0 Å². The van der Waals surface area contributed by atoms with Crippen LogP contribution in [-0.4, -0.2) is 24.2 Å². The molecule has 8 heteroatoms. The van der Waals surface area contributed by atoms with Gasteiger partial charge in [-0.1, -0.05) is 271 Å². The topological polar surface area (TPSA) is 11.6 Å². The van der Waals surface area contributed by atoms with Crippen LogP contribution in [0.5, 0.6) is 0 Å². The maximum absolute atomic E-state index is 15.4. The Labute approximate surface area is 592 Å². The molecular formula is C91H102F2N3Si3+3. The van der Waals surface area contributed by atoms with E-state index in [1.54, 1.807) is 21.6 Å². The zero-order valence-electron chi connectivity index (χ0n) is 61.1. The molecule has 0 aliphatic heterocycles. The quantitative estimate of drug-likeness (QED) is 0.0853. The third-order valence-corrected chi connectivity index (χ3v) is 37.4. The minimum absolute atomic E-state index is 0.123. The van der Waals surface area contributed by atoms with Crippen molar-refractivity contribution in [1.82, 2.24) is 0 Å². The molecule has 3 fully saturated rings. The molecule has 0 spiro atoms. The van der Waals surface area contributed by atoms with Gasteiger partial charge in [0.25, 0.3) is 0 Å². The number of fused-ring (bicyclic) bond motifs is 3. The number of nitrogens with zero attached hydrogens (tertiary/aromatic N) is 3. The van der Waals surface area contributed by atoms with Gasteiger partial charge in [-0.05, 0) is 147 Å². The Hall–Kier alpha value is -8.28. The van der Waals surface area contributed by atoms with E-state index in [1.165, 1.54) is 137 Å². The Morgan fingerprint density at radius 2 is 0.667 bits per heavy atom. The number of hydrogen-bond acceptors (Lipinski definition) is 0. The van der Waals surface area contributed by atoms with Gasteiger partial charge < -0.3 is 0 Å². The summed E-state index contributed by atoms with van der Waals surface area (Å²) >= 11 is 0. The molecular weight excluding hydrogens is 1260 g/mol. The number of pyridine rings is 3. The SMILES string of the molecule is Cc1c(-c2c3ccc([Si](C)(C)C4CCCC4)cc3cc[n+]2C)cc(-c2ccccc2)c(F)c1C.Cc1cc(-c2ccccc2)ccc1-c1c2ccc([Si](C)(C)C3CCCC3)cc2cc[n+]1C.Cc1cc(F)c(-c2ccccc2)cc1-c1c2ccc([Si](C)(C)C3CCCC3)cc2cc[n+]1C. The Morgan fingerprint density at radius 1 is 0.313 bits per heavy atom. The van der Waals surface area contributed by atoms with E-state index < -0.39 is 24.2 Å². The highest BCUT2D eigenvalue weighted by atomic mass is 28.3. The third-order valence-electron chi connectivity index (χ3n) is 24.2. The number of aromatic nitrogens is 3. The number of benzene rings is 9. The van der Waals surface area contributed by atoms with Crippen LogP contribution in [0.25, 0.3) is 99.5 Å². The van der Waals surface area contributed by atoms with Crippen LogP contribution >= 0.6 is 0 Å². The van der Waals surface area contributed by atoms with E-state index in [1.807, 2.05) is 93.6 Å². The van der Waals surface area contributed by atoms with Crippen molar-refractivity contribution >= 4 is 72.1 Å². The number of aryl methyl sites for hydroxylation is 5. The summed E-state index contributed by atoms with van der Waals surface area (Å²) in [6.45, 7) is 23.6. The average molecular weight is 1360 g/mol. The highest BCUT2D eigenvalue weighted by Gasteiger charge is 2.39. The molecule has 0 radical (unpaired) electrons. The molecule has 12 aromatic rings. The second-order valence-corrected chi connectivity index (χ2v) is 45.7. The highest BCUT2D eigenvalue weighted by Crippen LogP contribution is 2.44. The Morgan fingerprint density at radius 3 is 1.07 bits per heavy atom. The molecule has 9 aromatic carbocycles. The zero-order chi connectivity index (χ0) is 69.5. The number of hydrogen-bond donors (Lipinski definition) is 0. The normalized spacial score (nSPS) is 14.8. The fraction of sp³-hybridized carbons (Fsp3) is 0.308. The lowest BCUT2D eigenvalue weighted by molar-refractivity contribution is -0.659. The molecule has 0 saturated heterocycles. The highest BCUT2D eigenvalue weighted by molar-refractivity contribution is 6.92. The molecule has 3 nitrogen and oxygen atoms in total. The summed E-state index contributed by atoms with van der Waals surface area (Å²) in [6.07, 6.45) is 23.4. The van der Waals surface area contributed by atoms with Crippen LogP contribution < -0.4 is 29.3 Å². The summed E-state index contributed by atoms with van der Waals surface area (Å²) in [7, 11) is 1.91. The smallest absolute Gasteiger partial charge is 0.206 e. The fourth-order valence-electron chi connectivity index (χ4n) is 17.4. The van der Waals surface area contributed by atoms with Crippen molar-refractivity contribution in [3.8, 4) is 67.2 Å². The molecule has 3 heterocycles. The largest absolute Gasteiger partial charge is 0.220 e. The average Bonchev–Trinajstić information content (AvgIpc) is 0.983. The first kappa shape index (κ1) is 69.2. The van der Waals surface area contributed by atoms with Crippen molar-refractivity contribution in [1.29, 1.82) is 0 Å². The van der Waals surface area contributed by atoms with Crippen LogP contribution in [-0.2, 0) is 21.1 Å². The lowest BCUT2D eigenvalue weighted by atomic mass is 9.91. The maximum atomic E-state index is 15.4. The molecule has 3 aromatic heterocycles. The van der Waals surface area contributed by atoms with Crippen molar-refractivity contribution in [3.05, 3.63) is 253 Å². The molecule has 0 unspecified atom stereocenters. The van der Waals surface area contributed by atoms with Gasteiger partial charge in [-0.3, -0.25) is 0 Å². The Kier molecular flexibility index (Phi) is 20.1. The predicted molar refractivity (Wildman–Crippen MR) is 425 cm³/mol. The van der Waals surface area contributed by atoms with Crippen molar-refractivity contribution < 1.29 is 22.5 Å². The van der Waals surface area contributed by atoms with Crippen LogP contribution in [0, 0.1) is 39.3 Å². The second kappa shape index (κ2) is 28.8. The van der Waals surface area contributed by atoms with Crippen LogP contribution in [0.1, 0.15) is 99.3 Å². The van der Waals surface area contributed by atoms with E-state index in [0.29, 0.717) is 11.1 Å². The Bertz CT molecular complexity index is 4950. The zero-order valence-corrected chi connectivity index (χ0v) is 64.1. The van der Waals surface area contributed by atoms with E-state index in [4.69, 9.17) is 0 Å². The van der Waals surface area contributed by atoms with Gasteiger partial charge in [-0.15, -0.1) is 0 Å². The molecule has 15 rings (SSSR count). The van der Waals surface area contributed by atoms with E-state index in [2.05, 4.69) is 221 Å². The minimum atomic E-state index is -1.51. The van der Waals surface area contributed by atoms with Gasteiger partial charge in [0.1, 0.15) is 32.8 Å². The molecule has 3 aliphatic carbocycles. The van der Waals surface area contributed by atoms with Crippen LogP contribution in [0.15, 0.2) is 219 Å². The fourth-order valence-corrected chi connectivity index (χ4v) is 27.5. The molecule has 3 saturated carbocycles. The maximum Gasteiger partial charge on any atom is 0.220 e.